The minimum atomic E-state index is -0.793. The Morgan fingerprint density at radius 2 is 1.74 bits per heavy atom. The van der Waals surface area contributed by atoms with Crippen molar-refractivity contribution < 1.29 is 14.6 Å². The van der Waals surface area contributed by atoms with Gasteiger partial charge in [0, 0.05) is 18.0 Å². The summed E-state index contributed by atoms with van der Waals surface area (Å²) in [5.74, 6) is 0.218. The molecule has 3 aromatic rings. The minimum absolute atomic E-state index is 0.109. The van der Waals surface area contributed by atoms with Crippen molar-refractivity contribution in [2.45, 2.75) is 12.6 Å². The Kier molecular flexibility index (Phi) is 7.19. The highest BCUT2D eigenvalue weighted by atomic mass is 16.5. The van der Waals surface area contributed by atoms with Crippen LogP contribution in [0.25, 0.3) is 5.70 Å². The molecule has 0 spiro atoms. The van der Waals surface area contributed by atoms with Crippen LogP contribution in [0.4, 0.5) is 5.69 Å². The Balaban J connectivity index is 2.06. The summed E-state index contributed by atoms with van der Waals surface area (Å²) in [6.07, 6.45) is 0.993. The van der Waals surface area contributed by atoms with E-state index in [2.05, 4.69) is 5.32 Å². The first-order valence-corrected chi connectivity index (χ1v) is 9.77. The van der Waals surface area contributed by atoms with Crippen molar-refractivity contribution >= 4 is 23.4 Å². The van der Waals surface area contributed by atoms with Gasteiger partial charge in [0.05, 0.1) is 25.0 Å². The maximum Gasteiger partial charge on any atom is 0.193 e. The number of benzene rings is 3. The summed E-state index contributed by atoms with van der Waals surface area (Å²) in [5, 5.41) is 20.7. The molecule has 0 radical (unpaired) electrons. The van der Waals surface area contributed by atoms with Crippen LogP contribution in [0.1, 0.15) is 22.7 Å². The van der Waals surface area contributed by atoms with Gasteiger partial charge < -0.3 is 26.3 Å². The quantitative estimate of drug-likeness (QED) is 0.313. The molecule has 0 aliphatic rings. The number of nitrogens with one attached hydrogen (secondary N) is 2. The lowest BCUT2D eigenvalue weighted by Gasteiger charge is -2.21. The highest BCUT2D eigenvalue weighted by Gasteiger charge is 2.25. The third-order valence-electron chi connectivity index (χ3n) is 4.88. The second kappa shape index (κ2) is 10.2. The topological polar surface area (TPSA) is 108 Å². The standard InChI is InChI=1S/C25H25N3O3/c1-31-21-13-17(16-29)12-20(14-21)28-24(19-10-6-3-7-11-19)25(30)22(15-26)23(27)18-8-4-2-5-9-18/h2-15,24,26,28-29H,16,27H2,1H3. The second-order valence-electron chi connectivity index (χ2n) is 6.92. The van der Waals surface area contributed by atoms with Crippen LogP contribution in [-0.2, 0) is 11.4 Å². The number of methoxy groups -OCH3 is 1. The molecule has 0 bridgehead atoms. The largest absolute Gasteiger partial charge is 0.497 e. The molecule has 6 nitrogen and oxygen atoms in total. The molecule has 0 heterocycles. The van der Waals surface area contributed by atoms with Crippen molar-refractivity contribution in [1.29, 1.82) is 5.41 Å². The van der Waals surface area contributed by atoms with Crippen LogP contribution >= 0.6 is 0 Å². The highest BCUT2D eigenvalue weighted by Crippen LogP contribution is 2.28. The van der Waals surface area contributed by atoms with Crippen LogP contribution in [0.5, 0.6) is 5.75 Å². The number of ether oxygens (including phenoxy) is 1. The summed E-state index contributed by atoms with van der Waals surface area (Å²) in [7, 11) is 1.54. The number of hydrogen-bond acceptors (Lipinski definition) is 6. The first kappa shape index (κ1) is 21.8. The Bertz CT molecular complexity index is 1060. The number of rotatable bonds is 9. The van der Waals surface area contributed by atoms with Gasteiger partial charge in [-0.1, -0.05) is 60.7 Å². The number of nitrogens with two attached hydrogens (primary N) is 1. The molecule has 3 aromatic carbocycles. The van der Waals surface area contributed by atoms with Gasteiger partial charge in [-0.25, -0.2) is 0 Å². The summed E-state index contributed by atoms with van der Waals surface area (Å²) >= 11 is 0. The molecule has 1 atom stereocenters. The number of ketones is 1. The van der Waals surface area contributed by atoms with Gasteiger partial charge in [-0.3, -0.25) is 4.79 Å². The normalized spacial score (nSPS) is 12.5. The zero-order chi connectivity index (χ0) is 22.2. The van der Waals surface area contributed by atoms with E-state index in [9.17, 15) is 9.90 Å². The number of carbonyl (C=O) groups is 1. The lowest BCUT2D eigenvalue weighted by atomic mass is 9.94. The van der Waals surface area contributed by atoms with Crippen LogP contribution in [0.3, 0.4) is 0 Å². The fraction of sp³-hybridized carbons (Fsp3) is 0.120. The summed E-state index contributed by atoms with van der Waals surface area (Å²) in [6, 6.07) is 22.8. The van der Waals surface area contributed by atoms with Crippen LogP contribution in [0.2, 0.25) is 0 Å². The molecule has 0 aromatic heterocycles. The first-order valence-electron chi connectivity index (χ1n) is 9.77. The second-order valence-corrected chi connectivity index (χ2v) is 6.92. The fourth-order valence-electron chi connectivity index (χ4n) is 3.28. The highest BCUT2D eigenvalue weighted by molar-refractivity contribution is 6.20. The van der Waals surface area contributed by atoms with E-state index in [4.69, 9.17) is 15.9 Å². The van der Waals surface area contributed by atoms with E-state index < -0.39 is 6.04 Å². The molecular weight excluding hydrogens is 390 g/mol. The lowest BCUT2D eigenvalue weighted by molar-refractivity contribution is -0.115. The van der Waals surface area contributed by atoms with E-state index in [1.807, 2.05) is 48.5 Å². The molecule has 0 saturated carbocycles. The molecule has 0 saturated heterocycles. The number of anilines is 1. The van der Waals surface area contributed by atoms with Gasteiger partial charge in [0.2, 0.25) is 0 Å². The molecule has 0 amide bonds. The van der Waals surface area contributed by atoms with E-state index in [1.54, 1.807) is 30.3 Å². The summed E-state index contributed by atoms with van der Waals surface area (Å²) in [4.78, 5) is 13.6. The third kappa shape index (κ3) is 5.18. The van der Waals surface area contributed by atoms with Gasteiger partial charge in [-0.15, -0.1) is 0 Å². The summed E-state index contributed by atoms with van der Waals surface area (Å²) in [5.41, 5.74) is 9.27. The first-order chi connectivity index (χ1) is 15.1. The number of aliphatic hydroxyl groups is 1. The number of carbonyl (C=O) groups excluding carboxylic acids is 1. The Hall–Kier alpha value is -3.90. The van der Waals surface area contributed by atoms with E-state index >= 15 is 0 Å². The maximum atomic E-state index is 13.6. The summed E-state index contributed by atoms with van der Waals surface area (Å²) < 4.78 is 5.31. The van der Waals surface area contributed by atoms with Crippen LogP contribution in [-0.4, -0.2) is 24.2 Å². The van der Waals surface area contributed by atoms with E-state index in [0.717, 1.165) is 11.8 Å². The van der Waals surface area contributed by atoms with Gasteiger partial charge in [0.25, 0.3) is 0 Å². The lowest BCUT2D eigenvalue weighted by Crippen LogP contribution is -2.25. The smallest absolute Gasteiger partial charge is 0.193 e. The molecule has 1 unspecified atom stereocenters. The predicted octanol–water partition coefficient (Wildman–Crippen LogP) is 3.93. The molecule has 5 N–H and O–H groups in total. The molecule has 6 heteroatoms. The fourth-order valence-corrected chi connectivity index (χ4v) is 3.28. The van der Waals surface area contributed by atoms with Crippen LogP contribution < -0.4 is 15.8 Å². The predicted molar refractivity (Wildman–Crippen MR) is 123 cm³/mol. The zero-order valence-corrected chi connectivity index (χ0v) is 17.2. The molecular formula is C25H25N3O3. The average Bonchev–Trinajstić information content (AvgIpc) is 2.83. The molecule has 0 fully saturated rings. The van der Waals surface area contributed by atoms with E-state index in [0.29, 0.717) is 22.6 Å². The van der Waals surface area contributed by atoms with Crippen molar-refractivity contribution in [1.82, 2.24) is 0 Å². The van der Waals surface area contributed by atoms with Gasteiger partial charge in [-0.05, 0) is 28.8 Å². The van der Waals surface area contributed by atoms with Gasteiger partial charge >= 0.3 is 0 Å². The number of aliphatic hydroxyl groups excluding tert-OH is 1. The van der Waals surface area contributed by atoms with Crippen LogP contribution in [0, 0.1) is 5.41 Å². The van der Waals surface area contributed by atoms with Crippen molar-refractivity contribution in [3.8, 4) is 5.75 Å². The molecule has 3 rings (SSSR count). The molecule has 158 valence electrons. The minimum Gasteiger partial charge on any atom is -0.497 e. The molecule has 0 aliphatic carbocycles. The molecule has 31 heavy (non-hydrogen) atoms. The Morgan fingerprint density at radius 3 is 2.32 bits per heavy atom. The average molecular weight is 415 g/mol. The monoisotopic (exact) mass is 415 g/mol. The third-order valence-corrected chi connectivity index (χ3v) is 4.88. The SMILES string of the molecule is COc1cc(CO)cc(NC(C(=O)C(C=N)=C(N)c2ccccc2)c2ccccc2)c1. The van der Waals surface area contributed by atoms with Crippen molar-refractivity contribution in [2.75, 3.05) is 12.4 Å². The van der Waals surface area contributed by atoms with Crippen molar-refractivity contribution in [3.05, 3.63) is 101 Å². The van der Waals surface area contributed by atoms with Crippen molar-refractivity contribution in [3.63, 3.8) is 0 Å². The van der Waals surface area contributed by atoms with Gasteiger partial charge in [0.1, 0.15) is 11.8 Å². The number of hydrogen-bond donors (Lipinski definition) is 4. The van der Waals surface area contributed by atoms with Crippen LogP contribution in [0.15, 0.2) is 84.4 Å². The maximum absolute atomic E-state index is 13.6. The van der Waals surface area contributed by atoms with Gasteiger partial charge in [0.15, 0.2) is 5.78 Å². The van der Waals surface area contributed by atoms with E-state index in [-0.39, 0.29) is 23.7 Å². The number of Topliss-reactive ketones (excluding diaryl/α,β-unsaturated/α-hetero) is 1. The summed E-state index contributed by atoms with van der Waals surface area (Å²) in [6.45, 7) is -0.164. The van der Waals surface area contributed by atoms with Gasteiger partial charge in [-0.2, -0.15) is 0 Å². The van der Waals surface area contributed by atoms with E-state index in [1.165, 1.54) is 7.11 Å². The Morgan fingerprint density at radius 1 is 1.10 bits per heavy atom. The van der Waals surface area contributed by atoms with Crippen molar-refractivity contribution in [2.24, 2.45) is 5.73 Å². The zero-order valence-electron chi connectivity index (χ0n) is 17.2. The Labute approximate surface area is 181 Å². The molecule has 0 aliphatic heterocycles.